The normalized spacial score (nSPS) is 18.4. The lowest BCUT2D eigenvalue weighted by Crippen LogP contribution is -2.37. The van der Waals surface area contributed by atoms with Crippen LogP contribution in [-0.4, -0.2) is 35.8 Å². The van der Waals surface area contributed by atoms with Crippen molar-refractivity contribution in [3.8, 4) is 0 Å². The molecule has 2 amide bonds. The summed E-state index contributed by atoms with van der Waals surface area (Å²) in [5, 5.41) is 2.75. The van der Waals surface area contributed by atoms with Gasteiger partial charge in [0.1, 0.15) is 5.82 Å². The summed E-state index contributed by atoms with van der Waals surface area (Å²) in [6.07, 6.45) is 0.676. The third-order valence-corrected chi connectivity index (χ3v) is 3.10. The van der Waals surface area contributed by atoms with Crippen LogP contribution in [0.2, 0.25) is 0 Å². The van der Waals surface area contributed by atoms with Crippen LogP contribution in [0, 0.1) is 5.82 Å². The van der Waals surface area contributed by atoms with E-state index in [0.717, 1.165) is 0 Å². The molecule has 1 saturated heterocycles. The van der Waals surface area contributed by atoms with Crippen molar-refractivity contribution in [2.75, 3.05) is 18.8 Å². The minimum atomic E-state index is -0.581. The van der Waals surface area contributed by atoms with Gasteiger partial charge in [-0.05, 0) is 24.6 Å². The Morgan fingerprint density at radius 3 is 2.89 bits per heavy atom. The number of rotatable bonds is 2. The third kappa shape index (κ3) is 3.01. The van der Waals surface area contributed by atoms with E-state index in [2.05, 4.69) is 5.32 Å². The predicted molar refractivity (Wildman–Crippen MR) is 68.9 cm³/mol. The highest BCUT2D eigenvalue weighted by molar-refractivity contribution is 5.95. The first kappa shape index (κ1) is 13.3. The topological polar surface area (TPSA) is 75.4 Å². The van der Waals surface area contributed by atoms with Crippen LogP contribution in [0.1, 0.15) is 23.7 Å². The molecule has 5 nitrogen and oxygen atoms in total. The molecule has 0 bridgehead atoms. The van der Waals surface area contributed by atoms with E-state index < -0.39 is 11.7 Å². The molecule has 6 heteroatoms. The molecule has 0 aliphatic carbocycles. The number of nitrogens with two attached hydrogens (primary N) is 1. The monoisotopic (exact) mass is 265 g/mol. The van der Waals surface area contributed by atoms with Crippen molar-refractivity contribution >= 4 is 17.5 Å². The summed E-state index contributed by atoms with van der Waals surface area (Å²) in [6, 6.07) is 3.87. The number of carbonyl (C=O) groups excluding carboxylic acids is 2. The molecule has 1 aromatic rings. The van der Waals surface area contributed by atoms with E-state index >= 15 is 0 Å². The zero-order valence-corrected chi connectivity index (χ0v) is 10.6. The van der Waals surface area contributed by atoms with Gasteiger partial charge in [-0.15, -0.1) is 0 Å². The molecule has 0 radical (unpaired) electrons. The standard InChI is InChI=1S/C13H16FN3O2/c1-8(18)16-10-4-5-17(7-10)13(19)11-6-9(15)2-3-12(11)14/h2-3,6,10H,4-5,7,15H2,1H3,(H,16,18). The summed E-state index contributed by atoms with van der Waals surface area (Å²) in [6.45, 7) is 2.33. The Morgan fingerprint density at radius 1 is 1.47 bits per heavy atom. The molecule has 1 aliphatic rings. The zero-order chi connectivity index (χ0) is 14.0. The first-order valence-electron chi connectivity index (χ1n) is 6.09. The van der Waals surface area contributed by atoms with Gasteiger partial charge >= 0.3 is 0 Å². The molecule has 2 rings (SSSR count). The fourth-order valence-corrected chi connectivity index (χ4v) is 2.23. The lowest BCUT2D eigenvalue weighted by molar-refractivity contribution is -0.119. The summed E-state index contributed by atoms with van der Waals surface area (Å²) in [5.41, 5.74) is 5.89. The highest BCUT2D eigenvalue weighted by atomic mass is 19.1. The second-order valence-electron chi connectivity index (χ2n) is 4.68. The van der Waals surface area contributed by atoms with Crippen LogP contribution < -0.4 is 11.1 Å². The fourth-order valence-electron chi connectivity index (χ4n) is 2.23. The number of likely N-dealkylation sites (tertiary alicyclic amines) is 1. The van der Waals surface area contributed by atoms with E-state index in [1.165, 1.54) is 30.0 Å². The van der Waals surface area contributed by atoms with Gasteiger partial charge in [-0.3, -0.25) is 9.59 Å². The smallest absolute Gasteiger partial charge is 0.256 e. The average Bonchev–Trinajstić information content (AvgIpc) is 2.79. The van der Waals surface area contributed by atoms with Gasteiger partial charge in [-0.2, -0.15) is 0 Å². The van der Waals surface area contributed by atoms with E-state index in [1.807, 2.05) is 0 Å². The van der Waals surface area contributed by atoms with E-state index in [9.17, 15) is 14.0 Å². The maximum atomic E-state index is 13.6. The van der Waals surface area contributed by atoms with Crippen LogP contribution in [0.5, 0.6) is 0 Å². The maximum Gasteiger partial charge on any atom is 0.256 e. The molecule has 1 unspecified atom stereocenters. The van der Waals surface area contributed by atoms with Gasteiger partial charge in [0, 0.05) is 31.7 Å². The van der Waals surface area contributed by atoms with Gasteiger partial charge in [-0.25, -0.2) is 4.39 Å². The van der Waals surface area contributed by atoms with E-state index in [-0.39, 0.29) is 17.5 Å². The Morgan fingerprint density at radius 2 is 2.21 bits per heavy atom. The summed E-state index contributed by atoms with van der Waals surface area (Å²) >= 11 is 0. The molecular weight excluding hydrogens is 249 g/mol. The van der Waals surface area contributed by atoms with Crippen molar-refractivity contribution < 1.29 is 14.0 Å². The lowest BCUT2D eigenvalue weighted by Gasteiger charge is -2.17. The van der Waals surface area contributed by atoms with Crippen molar-refractivity contribution in [2.24, 2.45) is 0 Å². The molecule has 0 aromatic heterocycles. The Kier molecular flexibility index (Phi) is 3.69. The summed E-state index contributed by atoms with van der Waals surface area (Å²) in [4.78, 5) is 24.6. The Balaban J connectivity index is 2.09. The molecule has 1 fully saturated rings. The second-order valence-corrected chi connectivity index (χ2v) is 4.68. The molecule has 1 aliphatic heterocycles. The molecule has 1 atom stereocenters. The van der Waals surface area contributed by atoms with E-state index in [0.29, 0.717) is 25.2 Å². The number of benzene rings is 1. The van der Waals surface area contributed by atoms with Crippen LogP contribution in [-0.2, 0) is 4.79 Å². The Labute approximate surface area is 110 Å². The van der Waals surface area contributed by atoms with Crippen LogP contribution in [0.15, 0.2) is 18.2 Å². The van der Waals surface area contributed by atoms with Gasteiger partial charge < -0.3 is 16.0 Å². The average molecular weight is 265 g/mol. The minimum absolute atomic E-state index is 0.0246. The summed E-state index contributed by atoms with van der Waals surface area (Å²) < 4.78 is 13.6. The number of nitrogens with one attached hydrogen (secondary N) is 1. The molecule has 0 spiro atoms. The molecule has 1 heterocycles. The Hall–Kier alpha value is -2.11. The summed E-state index contributed by atoms with van der Waals surface area (Å²) in [7, 11) is 0. The molecule has 3 N–H and O–H groups in total. The van der Waals surface area contributed by atoms with Gasteiger partial charge in [-0.1, -0.05) is 0 Å². The third-order valence-electron chi connectivity index (χ3n) is 3.10. The number of amides is 2. The number of anilines is 1. The lowest BCUT2D eigenvalue weighted by atomic mass is 10.1. The quantitative estimate of drug-likeness (QED) is 0.775. The predicted octanol–water partition coefficient (Wildman–Crippen LogP) is 0.758. The largest absolute Gasteiger partial charge is 0.399 e. The van der Waals surface area contributed by atoms with Crippen molar-refractivity contribution in [2.45, 2.75) is 19.4 Å². The number of nitrogen functional groups attached to an aromatic ring is 1. The fraction of sp³-hybridized carbons (Fsp3) is 0.385. The highest BCUT2D eigenvalue weighted by Gasteiger charge is 2.28. The van der Waals surface area contributed by atoms with Crippen molar-refractivity contribution in [3.05, 3.63) is 29.6 Å². The zero-order valence-electron chi connectivity index (χ0n) is 10.6. The van der Waals surface area contributed by atoms with Gasteiger partial charge in [0.05, 0.1) is 5.56 Å². The van der Waals surface area contributed by atoms with Gasteiger partial charge in [0.15, 0.2) is 0 Å². The van der Waals surface area contributed by atoms with Crippen molar-refractivity contribution in [3.63, 3.8) is 0 Å². The molecule has 19 heavy (non-hydrogen) atoms. The van der Waals surface area contributed by atoms with Crippen LogP contribution in [0.3, 0.4) is 0 Å². The van der Waals surface area contributed by atoms with Crippen molar-refractivity contribution in [1.82, 2.24) is 10.2 Å². The number of hydrogen-bond donors (Lipinski definition) is 2. The first-order chi connectivity index (χ1) is 8.97. The van der Waals surface area contributed by atoms with Gasteiger partial charge in [0.2, 0.25) is 5.91 Å². The molecular formula is C13H16FN3O2. The molecule has 0 saturated carbocycles. The highest BCUT2D eigenvalue weighted by Crippen LogP contribution is 2.18. The minimum Gasteiger partial charge on any atom is -0.399 e. The first-order valence-corrected chi connectivity index (χ1v) is 6.09. The molecule has 102 valence electrons. The maximum absolute atomic E-state index is 13.6. The number of carbonyl (C=O) groups is 2. The molecule has 1 aromatic carbocycles. The van der Waals surface area contributed by atoms with E-state index in [1.54, 1.807) is 0 Å². The Bertz CT molecular complexity index is 519. The second kappa shape index (κ2) is 5.26. The van der Waals surface area contributed by atoms with Crippen LogP contribution in [0.4, 0.5) is 10.1 Å². The number of nitrogens with zero attached hydrogens (tertiary/aromatic N) is 1. The van der Waals surface area contributed by atoms with Crippen molar-refractivity contribution in [1.29, 1.82) is 0 Å². The van der Waals surface area contributed by atoms with E-state index in [4.69, 9.17) is 5.73 Å². The number of hydrogen-bond acceptors (Lipinski definition) is 3. The summed E-state index contributed by atoms with van der Waals surface area (Å²) in [5.74, 6) is -1.10. The SMILES string of the molecule is CC(=O)NC1CCN(C(=O)c2cc(N)ccc2F)C1. The number of halogens is 1. The van der Waals surface area contributed by atoms with Crippen LogP contribution in [0.25, 0.3) is 0 Å². The van der Waals surface area contributed by atoms with Crippen LogP contribution >= 0.6 is 0 Å². The van der Waals surface area contributed by atoms with Gasteiger partial charge in [0.25, 0.3) is 5.91 Å².